The first-order valence-corrected chi connectivity index (χ1v) is 40.0. The number of esters is 5. The molecule has 16 atom stereocenters. The molecule has 27 nitrogen and oxygen atoms in total. The van der Waals surface area contributed by atoms with Gasteiger partial charge in [0.25, 0.3) is 11.8 Å². The maximum absolute atomic E-state index is 14.3. The predicted molar refractivity (Wildman–Crippen MR) is 434 cm³/mol. The molecule has 0 unspecified atom stereocenters. The van der Waals surface area contributed by atoms with E-state index in [0.717, 1.165) is 64.2 Å². The number of allylic oxidation sites excluding steroid dienone is 2. The molecule has 3 aromatic carbocycles. The number of benzene rings is 3. The Morgan fingerprint density at radius 2 is 0.896 bits per heavy atom. The highest BCUT2D eigenvalue weighted by molar-refractivity contribution is 6.31. The summed E-state index contributed by atoms with van der Waals surface area (Å²) in [6, 6.07) is 13.8. The van der Waals surface area contributed by atoms with E-state index < -0.39 is 58.9 Å². The lowest BCUT2D eigenvalue weighted by atomic mass is 9.77. The number of ether oxygens (including phenoxy) is 11. The fourth-order valence-electron chi connectivity index (χ4n) is 16.6. The molecule has 3 saturated heterocycles. The van der Waals surface area contributed by atoms with E-state index in [-0.39, 0.29) is 133 Å². The number of hydrogen-bond acceptors (Lipinski definition) is 25. The van der Waals surface area contributed by atoms with E-state index in [9.17, 15) is 33.6 Å². The Bertz CT molecular complexity index is 4540. The molecule has 115 heavy (non-hydrogen) atoms. The minimum Gasteiger partial charge on any atom is -0.497 e. The molecule has 0 bridgehead atoms. The van der Waals surface area contributed by atoms with Gasteiger partial charge in [0.05, 0.1) is 114 Å². The minimum atomic E-state index is -0.892. The molecule has 3 aliphatic heterocycles. The van der Waals surface area contributed by atoms with Crippen LogP contribution in [0.2, 0.25) is 10.3 Å². The molecular formula is C85H108Cl3N9O18. The number of amides is 2. The average Bonchev–Trinajstić information content (AvgIpc) is 1.60. The maximum Gasteiger partial charge on any atom is 0.328 e. The third kappa shape index (κ3) is 21.5. The first kappa shape index (κ1) is 88.2. The molecule has 13 rings (SSSR count). The lowest BCUT2D eigenvalue weighted by molar-refractivity contribution is -0.160. The molecule has 2 amide bonds. The van der Waals surface area contributed by atoms with Gasteiger partial charge in [-0.2, -0.15) is 0 Å². The van der Waals surface area contributed by atoms with Crippen LogP contribution in [-0.4, -0.2) is 192 Å². The number of aromatic nitrogens is 6. The van der Waals surface area contributed by atoms with Gasteiger partial charge in [-0.15, -0.1) is 25.6 Å². The molecule has 30 heteroatoms. The zero-order chi connectivity index (χ0) is 82.0. The van der Waals surface area contributed by atoms with Crippen molar-refractivity contribution in [3.05, 3.63) is 102 Å². The van der Waals surface area contributed by atoms with Crippen LogP contribution in [0.15, 0.2) is 86.5 Å². The Morgan fingerprint density at radius 3 is 1.28 bits per heavy atom. The van der Waals surface area contributed by atoms with Crippen LogP contribution in [-0.2, 0) is 57.2 Å². The van der Waals surface area contributed by atoms with Gasteiger partial charge in [-0.3, -0.25) is 24.0 Å². The van der Waals surface area contributed by atoms with Crippen molar-refractivity contribution in [1.29, 1.82) is 0 Å². The average molecular weight is 1650 g/mol. The predicted octanol–water partition coefficient (Wildman–Crippen LogP) is 13.6. The highest BCUT2D eigenvalue weighted by Crippen LogP contribution is 2.58. The van der Waals surface area contributed by atoms with Crippen molar-refractivity contribution in [3.63, 3.8) is 0 Å². The van der Waals surface area contributed by atoms with Gasteiger partial charge in [0.2, 0.25) is 17.7 Å². The molecule has 1 N–H and O–H groups in total. The Kier molecular flexibility index (Phi) is 29.7. The van der Waals surface area contributed by atoms with E-state index in [2.05, 4.69) is 55.0 Å². The minimum absolute atomic E-state index is 0. The van der Waals surface area contributed by atoms with Crippen LogP contribution in [0.4, 0.5) is 0 Å². The molecule has 622 valence electrons. The first-order chi connectivity index (χ1) is 54.5. The lowest BCUT2D eigenvalue weighted by Gasteiger charge is -2.34. The lowest BCUT2D eigenvalue weighted by Crippen LogP contribution is -2.48. The third-order valence-electron chi connectivity index (χ3n) is 23.0. The normalized spacial score (nSPS) is 24.7. The summed E-state index contributed by atoms with van der Waals surface area (Å²) in [4.78, 5) is 123. The van der Waals surface area contributed by atoms with Gasteiger partial charge >= 0.3 is 29.8 Å². The largest absolute Gasteiger partial charge is 0.497 e. The smallest absolute Gasteiger partial charge is 0.328 e. The molecule has 0 spiro atoms. The van der Waals surface area contributed by atoms with Crippen molar-refractivity contribution in [2.75, 3.05) is 62.3 Å². The van der Waals surface area contributed by atoms with E-state index in [0.29, 0.717) is 105 Å². The monoisotopic (exact) mass is 1650 g/mol. The number of nitrogens with zero attached hydrogens (tertiary/aromatic N) is 8. The van der Waals surface area contributed by atoms with E-state index >= 15 is 0 Å². The SMILES string of the molecule is C=CCCC[C@@H]1C[C@H]2C[C@H]2[C@H]1OC(=O)C[C@H](C(=O)N1C[C@H](Oc2nc3cc(OC)ccc3nc2C=C)C[C@H]1C(=O)OC)C(C)(C)C.C=CCCC[C@@H]1C[C@H]2C[C@H]2[C@H]1OC(=O)C[C@H](C(=O)N1C[C@H](Oc2nc3cc(OC)ccc3nc2Cl)C[C@H]1C(=O)OC)C(C)(C)C.COC(=O)[C@@H]1C[C@@H](Oc2nc3cc(OC)ccc3nc2Cl)CN1.Cl. The molecule has 4 aliphatic carbocycles. The van der Waals surface area contributed by atoms with Crippen LogP contribution >= 0.6 is 35.6 Å². The Hall–Kier alpha value is -9.18. The Morgan fingerprint density at radius 1 is 0.504 bits per heavy atom. The molecule has 6 aromatic rings. The molecule has 7 aliphatic rings. The Labute approximate surface area is 687 Å². The number of nitrogens with one attached hydrogen (secondary N) is 1. The second-order valence-corrected chi connectivity index (χ2v) is 33.4. The zero-order valence-electron chi connectivity index (χ0n) is 67.6. The Balaban J connectivity index is 0.000000191. The quantitative estimate of drug-likeness (QED) is 0.0197. The van der Waals surface area contributed by atoms with Crippen molar-refractivity contribution in [1.82, 2.24) is 45.0 Å². The van der Waals surface area contributed by atoms with Gasteiger partial charge < -0.3 is 67.2 Å². The van der Waals surface area contributed by atoms with E-state index in [1.807, 2.05) is 53.7 Å². The number of likely N-dealkylation sites (tertiary alicyclic amines) is 2. The topological polar surface area (TPSA) is 317 Å². The molecule has 0 radical (unpaired) electrons. The number of fused-ring (bicyclic) bond motifs is 5. The second-order valence-electron chi connectivity index (χ2n) is 32.7. The van der Waals surface area contributed by atoms with Gasteiger partial charge in [-0.25, -0.2) is 39.5 Å². The molecule has 6 heterocycles. The van der Waals surface area contributed by atoms with Crippen LogP contribution in [0.5, 0.6) is 34.9 Å². The molecule has 4 saturated carbocycles. The standard InChI is InChI=1S/C36H47N3O7.C34H44ClN3O7.C15H16ClN3O4.ClH/c1-8-10-11-12-21-15-22-16-25(22)32(21)46-31(40)19-26(36(3,4)5)34(41)39-20-24(18-30(39)35(42)44-7)45-33-27(9-2)37-28-14-13-23(43-6)17-29(28)38-33;1-7-8-9-10-19-13-20-14-23(20)29(19)45-28(39)17-24(34(2,3)4)32(40)38-18-22(16-27(38)33(41)43-6)44-31-30(35)36-25-12-11-21(42-5)15-26(25)37-31;1-21-8-3-4-10-11(5-8)19-14(13(16)18-10)23-9-6-12(17-7-9)15(20)22-2;/h8-9,13-14,17,21-22,24-26,30,32H,1-2,10-12,15-16,18-20H2,3-7H3;7,11-12,15,19-20,22-24,27,29H,1,8-10,13-14,16-18H2,2-6H3;3-5,9,12,17H,6-7H2,1-2H3;1H/t21-,22+,24-,25-,26-,30+,32+;19-,20+,22-,23-,24-,27+,29+;9-,12+;/m111./s1. The summed E-state index contributed by atoms with van der Waals surface area (Å²) in [5.74, 6) is 1.15. The van der Waals surface area contributed by atoms with Crippen molar-refractivity contribution in [3.8, 4) is 34.9 Å². The number of hydrogen-bond donors (Lipinski definition) is 1. The highest BCUT2D eigenvalue weighted by Gasteiger charge is 2.57. The van der Waals surface area contributed by atoms with E-state index in [4.69, 9.17) is 75.3 Å². The highest BCUT2D eigenvalue weighted by atomic mass is 35.5. The van der Waals surface area contributed by atoms with Gasteiger partial charge in [0.1, 0.15) is 71.6 Å². The molecular weight excluding hydrogens is 1540 g/mol. The summed E-state index contributed by atoms with van der Waals surface area (Å²) in [5.41, 5.74) is 2.89. The molecule has 3 aromatic heterocycles. The summed E-state index contributed by atoms with van der Waals surface area (Å²) in [5, 5.41) is 3.29. The summed E-state index contributed by atoms with van der Waals surface area (Å²) in [7, 11) is 8.66. The van der Waals surface area contributed by atoms with E-state index in [1.165, 1.54) is 31.1 Å². The van der Waals surface area contributed by atoms with Gasteiger partial charge in [0.15, 0.2) is 10.3 Å². The van der Waals surface area contributed by atoms with E-state index in [1.54, 1.807) is 82.0 Å². The fourth-order valence-corrected chi connectivity index (χ4v) is 17.0. The van der Waals surface area contributed by atoms with Crippen molar-refractivity contribution in [2.45, 2.75) is 187 Å². The number of methoxy groups -OCH3 is 6. The van der Waals surface area contributed by atoms with Crippen LogP contribution < -0.4 is 33.7 Å². The maximum atomic E-state index is 14.3. The molecule has 7 fully saturated rings. The second kappa shape index (κ2) is 38.7. The number of carbonyl (C=O) groups is 7. The van der Waals surface area contributed by atoms with Crippen molar-refractivity contribution in [2.24, 2.45) is 58.2 Å². The summed E-state index contributed by atoms with van der Waals surface area (Å²) in [6.07, 6.45) is 14.9. The van der Waals surface area contributed by atoms with Gasteiger partial charge in [-0.05, 0) is 153 Å². The number of rotatable bonds is 29. The number of carbonyl (C=O) groups excluding carboxylic acids is 7. The zero-order valence-corrected chi connectivity index (χ0v) is 69.9. The summed E-state index contributed by atoms with van der Waals surface area (Å²) in [6.45, 7) is 23.8. The number of halogens is 3. The van der Waals surface area contributed by atoms with Crippen LogP contribution in [0.1, 0.15) is 144 Å². The third-order valence-corrected chi connectivity index (χ3v) is 23.5. The van der Waals surface area contributed by atoms with Crippen molar-refractivity contribution < 1.29 is 85.7 Å². The van der Waals surface area contributed by atoms with Crippen LogP contribution in [0.3, 0.4) is 0 Å². The first-order valence-electron chi connectivity index (χ1n) is 39.2. The summed E-state index contributed by atoms with van der Waals surface area (Å²) < 4.78 is 61.2. The summed E-state index contributed by atoms with van der Waals surface area (Å²) >= 11 is 12.6. The van der Waals surface area contributed by atoms with Crippen molar-refractivity contribution >= 4 is 116 Å². The number of unbranched alkanes of at least 4 members (excludes halogenated alkanes) is 2. The van der Waals surface area contributed by atoms with Crippen LogP contribution in [0, 0.1) is 58.2 Å². The fraction of sp³-hybridized carbons (Fsp3) is 0.565. The van der Waals surface area contributed by atoms with Gasteiger partial charge in [-0.1, -0.05) is 83.5 Å². The van der Waals surface area contributed by atoms with Crippen LogP contribution in [0.25, 0.3) is 39.2 Å². The van der Waals surface area contributed by atoms with Gasteiger partial charge in [0, 0.05) is 44.0 Å².